The molecule has 0 saturated carbocycles. The number of ether oxygens (including phenoxy) is 5. The lowest BCUT2D eigenvalue weighted by molar-refractivity contribution is -0.151. The number of allylic oxidation sites excluding steroid dienone is 1. The van der Waals surface area contributed by atoms with E-state index in [1.54, 1.807) is 6.08 Å². The number of rotatable bonds is 10. The summed E-state index contributed by atoms with van der Waals surface area (Å²) in [6.45, 7) is 1.19. The Labute approximate surface area is 201 Å². The average Bonchev–Trinajstić information content (AvgIpc) is 3.53. The number of imidazole rings is 1. The minimum atomic E-state index is -0.639. The number of hydrogen-bond donors (Lipinski definition) is 3. The second-order valence-corrected chi connectivity index (χ2v) is 8.12. The Balaban J connectivity index is 1.28. The van der Waals surface area contributed by atoms with E-state index in [9.17, 15) is 4.79 Å². The Bertz CT molecular complexity index is 1180. The highest BCUT2D eigenvalue weighted by molar-refractivity contribution is 5.91. The minimum absolute atomic E-state index is 0.0512. The van der Waals surface area contributed by atoms with Crippen molar-refractivity contribution in [3.05, 3.63) is 65.7 Å². The number of aliphatic hydroxyl groups excluding tert-OH is 1. The molecule has 10 nitrogen and oxygen atoms in total. The van der Waals surface area contributed by atoms with Crippen molar-refractivity contribution in [2.24, 2.45) is 0 Å². The monoisotopic (exact) mass is 481 g/mol. The van der Waals surface area contributed by atoms with E-state index < -0.39 is 6.29 Å². The molecule has 35 heavy (non-hydrogen) atoms. The van der Waals surface area contributed by atoms with Crippen LogP contribution in [0.5, 0.6) is 11.5 Å². The van der Waals surface area contributed by atoms with Gasteiger partial charge in [0.05, 0.1) is 44.0 Å². The van der Waals surface area contributed by atoms with Crippen LogP contribution in [0.4, 0.5) is 0 Å². The van der Waals surface area contributed by atoms with Gasteiger partial charge in [-0.3, -0.25) is 4.79 Å². The van der Waals surface area contributed by atoms with Gasteiger partial charge in [0, 0.05) is 12.3 Å². The van der Waals surface area contributed by atoms with Crippen LogP contribution in [0.3, 0.4) is 0 Å². The standard InChI is InChI=1S/C25H27N3O7/c29-7-8-31-9-10-32-24-13-17(16-5-6-20-21(11-16)34-15-33-20)12-22(35-24)25(30)26-14-23-27-18-3-1-2-4-19(18)28-23/h1-6,11-12,17,24,29H,7-10,13-15H2,(H,26,30)(H,27,28)/t17-,24+/m0/s1. The van der Waals surface area contributed by atoms with Crippen LogP contribution in [0.15, 0.2) is 54.3 Å². The van der Waals surface area contributed by atoms with E-state index in [-0.39, 0.29) is 50.7 Å². The van der Waals surface area contributed by atoms with Crippen LogP contribution in [0, 0.1) is 0 Å². The van der Waals surface area contributed by atoms with E-state index in [2.05, 4.69) is 15.3 Å². The summed E-state index contributed by atoms with van der Waals surface area (Å²) in [7, 11) is 0. The van der Waals surface area contributed by atoms with Crippen LogP contribution in [0.1, 0.15) is 23.7 Å². The molecule has 0 fully saturated rings. The molecule has 2 aromatic carbocycles. The maximum atomic E-state index is 13.0. The maximum Gasteiger partial charge on any atom is 0.286 e. The van der Waals surface area contributed by atoms with Gasteiger partial charge in [0.15, 0.2) is 17.3 Å². The van der Waals surface area contributed by atoms with Crippen LogP contribution in [0.2, 0.25) is 0 Å². The number of hydrogen-bond acceptors (Lipinski definition) is 8. The SMILES string of the molecule is O=C(NCc1nc2ccccc2[nH]1)C1=C[C@H](c2ccc3c(c2)OCO3)C[C@H](OCCOCCO)O1. The van der Waals surface area contributed by atoms with Gasteiger partial charge in [0.25, 0.3) is 5.91 Å². The molecule has 1 amide bonds. The third-order valence-corrected chi connectivity index (χ3v) is 5.73. The smallest absolute Gasteiger partial charge is 0.286 e. The van der Waals surface area contributed by atoms with Crippen molar-refractivity contribution in [1.29, 1.82) is 0 Å². The van der Waals surface area contributed by atoms with Gasteiger partial charge in [0.1, 0.15) is 5.82 Å². The molecule has 3 N–H and O–H groups in total. The quantitative estimate of drug-likeness (QED) is 0.377. The van der Waals surface area contributed by atoms with E-state index in [1.165, 1.54) is 0 Å². The van der Waals surface area contributed by atoms with Crippen LogP contribution in [0.25, 0.3) is 11.0 Å². The number of aromatic amines is 1. The average molecular weight is 482 g/mol. The minimum Gasteiger partial charge on any atom is -0.459 e. The fourth-order valence-corrected chi connectivity index (χ4v) is 4.04. The van der Waals surface area contributed by atoms with Crippen molar-refractivity contribution >= 4 is 16.9 Å². The molecule has 0 radical (unpaired) electrons. The summed E-state index contributed by atoms with van der Waals surface area (Å²) in [4.78, 5) is 20.7. The highest BCUT2D eigenvalue weighted by Crippen LogP contribution is 2.38. The second kappa shape index (κ2) is 10.8. The zero-order chi connectivity index (χ0) is 24.0. The molecule has 3 aromatic rings. The number of amides is 1. The fraction of sp³-hybridized carbons (Fsp3) is 0.360. The second-order valence-electron chi connectivity index (χ2n) is 8.12. The fourth-order valence-electron chi connectivity index (χ4n) is 4.04. The largest absolute Gasteiger partial charge is 0.459 e. The molecule has 184 valence electrons. The molecule has 0 unspecified atom stereocenters. The van der Waals surface area contributed by atoms with Gasteiger partial charge in [-0.1, -0.05) is 18.2 Å². The van der Waals surface area contributed by atoms with Crippen molar-refractivity contribution in [2.45, 2.75) is 25.2 Å². The topological polar surface area (TPSA) is 124 Å². The van der Waals surface area contributed by atoms with Crippen molar-refractivity contribution in [3.63, 3.8) is 0 Å². The Kier molecular flexibility index (Phi) is 7.12. The van der Waals surface area contributed by atoms with E-state index in [0.717, 1.165) is 16.6 Å². The predicted molar refractivity (Wildman–Crippen MR) is 125 cm³/mol. The molecule has 2 aliphatic heterocycles. The molecule has 10 heteroatoms. The summed E-state index contributed by atoms with van der Waals surface area (Å²) in [5.41, 5.74) is 2.71. The highest BCUT2D eigenvalue weighted by Gasteiger charge is 2.30. The molecule has 1 aromatic heterocycles. The predicted octanol–water partition coefficient (Wildman–Crippen LogP) is 2.35. The van der Waals surface area contributed by atoms with Gasteiger partial charge in [-0.25, -0.2) is 4.98 Å². The first-order chi connectivity index (χ1) is 17.2. The van der Waals surface area contributed by atoms with Crippen LogP contribution in [-0.2, 0) is 25.5 Å². The van der Waals surface area contributed by atoms with Gasteiger partial charge in [-0.2, -0.15) is 0 Å². The Morgan fingerprint density at radius 1 is 1.14 bits per heavy atom. The van der Waals surface area contributed by atoms with Crippen molar-refractivity contribution in [2.75, 3.05) is 33.2 Å². The van der Waals surface area contributed by atoms with E-state index in [0.29, 0.717) is 30.4 Å². The number of H-pyrrole nitrogens is 1. The first-order valence-electron chi connectivity index (χ1n) is 11.5. The number of fused-ring (bicyclic) bond motifs is 2. The van der Waals surface area contributed by atoms with Crippen molar-refractivity contribution in [3.8, 4) is 11.5 Å². The summed E-state index contributed by atoms with van der Waals surface area (Å²) in [6, 6.07) is 13.4. The number of nitrogens with one attached hydrogen (secondary N) is 2. The number of benzene rings is 2. The third kappa shape index (κ3) is 5.56. The highest BCUT2D eigenvalue weighted by atomic mass is 16.7. The van der Waals surface area contributed by atoms with E-state index in [4.69, 9.17) is 28.8 Å². The number of aromatic nitrogens is 2. The molecule has 2 aliphatic rings. The molecule has 2 atom stereocenters. The molecular formula is C25H27N3O7. The molecule has 0 spiro atoms. The molecule has 0 saturated heterocycles. The number of carbonyl (C=O) groups excluding carboxylic acids is 1. The zero-order valence-corrected chi connectivity index (χ0v) is 19.1. The van der Waals surface area contributed by atoms with Crippen molar-refractivity contribution in [1.82, 2.24) is 15.3 Å². The summed E-state index contributed by atoms with van der Waals surface area (Å²) < 4.78 is 27.9. The number of para-hydroxylation sites is 2. The first-order valence-corrected chi connectivity index (χ1v) is 11.5. The summed E-state index contributed by atoms with van der Waals surface area (Å²) in [5, 5.41) is 11.7. The van der Waals surface area contributed by atoms with E-state index in [1.807, 2.05) is 42.5 Å². The number of aliphatic hydroxyl groups is 1. The number of nitrogens with zero attached hydrogens (tertiary/aromatic N) is 1. The zero-order valence-electron chi connectivity index (χ0n) is 19.1. The van der Waals surface area contributed by atoms with Gasteiger partial charge in [-0.05, 0) is 35.9 Å². The lowest BCUT2D eigenvalue weighted by Crippen LogP contribution is -2.33. The Morgan fingerprint density at radius 3 is 2.91 bits per heavy atom. The first kappa shape index (κ1) is 23.2. The summed E-state index contributed by atoms with van der Waals surface area (Å²) >= 11 is 0. The Hall–Kier alpha value is -3.60. The maximum absolute atomic E-state index is 13.0. The molecule has 0 bridgehead atoms. The van der Waals surface area contributed by atoms with Gasteiger partial charge < -0.3 is 39.1 Å². The van der Waals surface area contributed by atoms with Gasteiger partial charge in [-0.15, -0.1) is 0 Å². The number of carbonyl (C=O) groups is 1. The van der Waals surface area contributed by atoms with Gasteiger partial charge in [0.2, 0.25) is 13.1 Å². The normalized spacial score (nSPS) is 18.8. The molecule has 0 aliphatic carbocycles. The van der Waals surface area contributed by atoms with Crippen molar-refractivity contribution < 1.29 is 33.6 Å². The summed E-state index contributed by atoms with van der Waals surface area (Å²) in [5.74, 6) is 1.71. The Morgan fingerprint density at radius 2 is 2.03 bits per heavy atom. The summed E-state index contributed by atoms with van der Waals surface area (Å²) in [6.07, 6.45) is 1.67. The van der Waals surface area contributed by atoms with Gasteiger partial charge >= 0.3 is 0 Å². The van der Waals surface area contributed by atoms with Crippen LogP contribution >= 0.6 is 0 Å². The lowest BCUT2D eigenvalue weighted by atomic mass is 9.92. The van der Waals surface area contributed by atoms with E-state index >= 15 is 0 Å². The van der Waals surface area contributed by atoms with Crippen LogP contribution < -0.4 is 14.8 Å². The lowest BCUT2D eigenvalue weighted by Gasteiger charge is -2.29. The third-order valence-electron chi connectivity index (χ3n) is 5.73. The molecule has 5 rings (SSSR count). The molecular weight excluding hydrogens is 454 g/mol. The van der Waals surface area contributed by atoms with Crippen LogP contribution in [-0.4, -0.2) is 60.5 Å². The molecule has 3 heterocycles.